The summed E-state index contributed by atoms with van der Waals surface area (Å²) in [5.41, 5.74) is 0. The van der Waals surface area contributed by atoms with Crippen LogP contribution in [0.2, 0.25) is 0 Å². The Labute approximate surface area is 108 Å². The Morgan fingerprint density at radius 3 is 2.89 bits per heavy atom. The molecule has 1 saturated carbocycles. The van der Waals surface area contributed by atoms with Crippen LogP contribution in [0.1, 0.15) is 32.1 Å². The van der Waals surface area contributed by atoms with Gasteiger partial charge in [0.1, 0.15) is 6.04 Å². The third-order valence-corrected chi connectivity index (χ3v) is 4.99. The minimum Gasteiger partial charge on any atom is -0.480 e. The lowest BCUT2D eigenvalue weighted by molar-refractivity contribution is -0.144. The molecule has 0 radical (unpaired) electrons. The van der Waals surface area contributed by atoms with Gasteiger partial charge in [0.25, 0.3) is 0 Å². The normalized spacial score (nSPS) is 40.9. The lowest BCUT2D eigenvalue weighted by atomic mass is 9.94. The van der Waals surface area contributed by atoms with Crippen molar-refractivity contribution in [3.63, 3.8) is 0 Å². The van der Waals surface area contributed by atoms with E-state index in [0.717, 1.165) is 39.1 Å². The fraction of sp³-hybridized carbons (Fsp3) is 0.929. The number of carboxylic acid groups (broad SMARTS) is 1. The van der Waals surface area contributed by atoms with Gasteiger partial charge in [0, 0.05) is 19.7 Å². The molecule has 3 rings (SSSR count). The zero-order chi connectivity index (χ0) is 12.5. The van der Waals surface area contributed by atoms with E-state index in [2.05, 4.69) is 4.90 Å². The fourth-order valence-corrected chi connectivity index (χ4v) is 4.20. The van der Waals surface area contributed by atoms with Gasteiger partial charge in [-0.05, 0) is 43.4 Å². The van der Waals surface area contributed by atoms with Crippen molar-refractivity contribution in [1.29, 1.82) is 0 Å². The van der Waals surface area contributed by atoms with Crippen molar-refractivity contribution >= 4 is 5.97 Å². The van der Waals surface area contributed by atoms with Crippen molar-refractivity contribution in [1.82, 2.24) is 4.90 Å². The molecule has 0 bridgehead atoms. The molecule has 102 valence electrons. The van der Waals surface area contributed by atoms with Gasteiger partial charge in [0.2, 0.25) is 0 Å². The van der Waals surface area contributed by atoms with Crippen LogP contribution in [0.15, 0.2) is 0 Å². The molecule has 3 fully saturated rings. The Bertz CT molecular complexity index is 314. The first-order valence-corrected chi connectivity index (χ1v) is 7.30. The number of hydrogen-bond acceptors (Lipinski definition) is 3. The van der Waals surface area contributed by atoms with E-state index in [9.17, 15) is 9.90 Å². The van der Waals surface area contributed by atoms with E-state index in [4.69, 9.17) is 4.74 Å². The minimum atomic E-state index is -0.610. The Hall–Kier alpha value is -0.610. The summed E-state index contributed by atoms with van der Waals surface area (Å²) >= 11 is 0. The maximum Gasteiger partial charge on any atom is 0.321 e. The summed E-state index contributed by atoms with van der Waals surface area (Å²) in [6.45, 7) is 3.62. The van der Waals surface area contributed by atoms with Gasteiger partial charge >= 0.3 is 5.97 Å². The third kappa shape index (κ3) is 2.28. The van der Waals surface area contributed by atoms with Gasteiger partial charge in [-0.3, -0.25) is 9.69 Å². The van der Waals surface area contributed by atoms with E-state index >= 15 is 0 Å². The minimum absolute atomic E-state index is 0.223. The molecule has 2 aliphatic heterocycles. The van der Waals surface area contributed by atoms with Crippen molar-refractivity contribution < 1.29 is 14.6 Å². The molecule has 18 heavy (non-hydrogen) atoms. The van der Waals surface area contributed by atoms with Crippen LogP contribution in [0.25, 0.3) is 0 Å². The Morgan fingerprint density at radius 2 is 2.17 bits per heavy atom. The van der Waals surface area contributed by atoms with Gasteiger partial charge in [-0.25, -0.2) is 0 Å². The van der Waals surface area contributed by atoms with Crippen molar-refractivity contribution in [2.24, 2.45) is 17.8 Å². The summed E-state index contributed by atoms with van der Waals surface area (Å²) in [4.78, 5) is 13.8. The molecule has 0 amide bonds. The number of ether oxygens (including phenoxy) is 1. The SMILES string of the molecule is O=C(O)C1C2CCCC2CN1CC1CCCOC1. The van der Waals surface area contributed by atoms with Crippen LogP contribution in [-0.2, 0) is 9.53 Å². The third-order valence-electron chi connectivity index (χ3n) is 4.99. The first kappa shape index (κ1) is 12.4. The number of fused-ring (bicyclic) bond motifs is 1. The molecular weight excluding hydrogens is 230 g/mol. The van der Waals surface area contributed by atoms with Crippen LogP contribution in [0.5, 0.6) is 0 Å². The first-order valence-electron chi connectivity index (χ1n) is 7.30. The van der Waals surface area contributed by atoms with Crippen molar-refractivity contribution in [2.75, 3.05) is 26.3 Å². The standard InChI is InChI=1S/C14H23NO3/c16-14(17)13-12-5-1-4-11(12)8-15(13)7-10-3-2-6-18-9-10/h10-13H,1-9H2,(H,16,17). The van der Waals surface area contributed by atoms with Gasteiger partial charge in [-0.2, -0.15) is 0 Å². The number of rotatable bonds is 3. The molecule has 1 N–H and O–H groups in total. The Morgan fingerprint density at radius 1 is 1.28 bits per heavy atom. The highest BCUT2D eigenvalue weighted by Gasteiger charge is 2.47. The summed E-state index contributed by atoms with van der Waals surface area (Å²) in [5, 5.41) is 9.49. The average molecular weight is 253 g/mol. The first-order chi connectivity index (χ1) is 8.75. The molecule has 4 nitrogen and oxygen atoms in total. The van der Waals surface area contributed by atoms with Crippen molar-refractivity contribution in [2.45, 2.75) is 38.1 Å². The van der Waals surface area contributed by atoms with Gasteiger partial charge in [-0.1, -0.05) is 6.42 Å². The molecule has 2 heterocycles. The van der Waals surface area contributed by atoms with E-state index in [-0.39, 0.29) is 6.04 Å². The second kappa shape index (κ2) is 5.17. The van der Waals surface area contributed by atoms with Gasteiger partial charge in [0.15, 0.2) is 0 Å². The monoisotopic (exact) mass is 253 g/mol. The molecule has 1 aliphatic carbocycles. The highest BCUT2D eigenvalue weighted by atomic mass is 16.5. The zero-order valence-corrected chi connectivity index (χ0v) is 10.9. The second-order valence-electron chi connectivity index (χ2n) is 6.17. The Balaban J connectivity index is 1.65. The summed E-state index contributed by atoms with van der Waals surface area (Å²) in [7, 11) is 0. The van der Waals surface area contributed by atoms with Crippen LogP contribution < -0.4 is 0 Å². The predicted octanol–water partition coefficient (Wildman–Crippen LogP) is 1.60. The molecular formula is C14H23NO3. The van der Waals surface area contributed by atoms with Crippen molar-refractivity contribution in [3.8, 4) is 0 Å². The highest BCUT2D eigenvalue weighted by Crippen LogP contribution is 2.42. The van der Waals surface area contributed by atoms with E-state index in [1.807, 2.05) is 0 Å². The second-order valence-corrected chi connectivity index (χ2v) is 6.17. The largest absolute Gasteiger partial charge is 0.480 e. The lowest BCUT2D eigenvalue weighted by Crippen LogP contribution is -2.43. The molecule has 4 heteroatoms. The van der Waals surface area contributed by atoms with Crippen LogP contribution in [0.4, 0.5) is 0 Å². The molecule has 3 aliphatic rings. The van der Waals surface area contributed by atoms with Crippen LogP contribution in [-0.4, -0.2) is 48.3 Å². The smallest absolute Gasteiger partial charge is 0.321 e. The average Bonchev–Trinajstić information content (AvgIpc) is 2.89. The molecule has 0 spiro atoms. The van der Waals surface area contributed by atoms with Gasteiger partial charge in [0.05, 0.1) is 6.61 Å². The number of nitrogens with zero attached hydrogens (tertiary/aromatic N) is 1. The van der Waals surface area contributed by atoms with Gasteiger partial charge < -0.3 is 9.84 Å². The number of carboxylic acids is 1. The number of aliphatic carboxylic acids is 1. The van der Waals surface area contributed by atoms with Crippen LogP contribution >= 0.6 is 0 Å². The summed E-state index contributed by atoms with van der Waals surface area (Å²) in [6, 6.07) is -0.223. The van der Waals surface area contributed by atoms with Crippen LogP contribution in [0, 0.1) is 17.8 Å². The Kier molecular flexibility index (Phi) is 3.57. The van der Waals surface area contributed by atoms with E-state index < -0.39 is 5.97 Å². The quantitative estimate of drug-likeness (QED) is 0.830. The summed E-state index contributed by atoms with van der Waals surface area (Å²) in [6.07, 6.45) is 5.88. The molecule has 4 atom stereocenters. The zero-order valence-electron chi connectivity index (χ0n) is 10.9. The van der Waals surface area contributed by atoms with Crippen LogP contribution in [0.3, 0.4) is 0 Å². The van der Waals surface area contributed by atoms with E-state index in [1.54, 1.807) is 0 Å². The number of hydrogen-bond donors (Lipinski definition) is 1. The van der Waals surface area contributed by atoms with Gasteiger partial charge in [-0.15, -0.1) is 0 Å². The van der Waals surface area contributed by atoms with E-state index in [1.165, 1.54) is 19.3 Å². The topological polar surface area (TPSA) is 49.8 Å². The molecule has 2 saturated heterocycles. The molecule has 4 unspecified atom stereocenters. The molecule has 0 aromatic heterocycles. The maximum atomic E-state index is 11.5. The fourth-order valence-electron chi connectivity index (χ4n) is 4.20. The summed E-state index contributed by atoms with van der Waals surface area (Å²) < 4.78 is 5.51. The number of carbonyl (C=O) groups is 1. The van der Waals surface area contributed by atoms with Crippen molar-refractivity contribution in [3.05, 3.63) is 0 Å². The van der Waals surface area contributed by atoms with E-state index in [0.29, 0.717) is 17.8 Å². The lowest BCUT2D eigenvalue weighted by Gasteiger charge is -2.30. The highest BCUT2D eigenvalue weighted by molar-refractivity contribution is 5.74. The summed E-state index contributed by atoms with van der Waals surface area (Å²) in [5.74, 6) is 0.975. The maximum absolute atomic E-state index is 11.5. The predicted molar refractivity (Wildman–Crippen MR) is 67.4 cm³/mol. The molecule has 0 aromatic carbocycles. The number of likely N-dealkylation sites (tertiary alicyclic amines) is 1. The molecule has 0 aromatic rings.